The average Bonchev–Trinajstić information content (AvgIpc) is 3.15. The van der Waals surface area contributed by atoms with Gasteiger partial charge in [0.1, 0.15) is 11.4 Å². The second-order valence-corrected chi connectivity index (χ2v) is 6.04. The van der Waals surface area contributed by atoms with Gasteiger partial charge in [-0.1, -0.05) is 12.1 Å². The van der Waals surface area contributed by atoms with Crippen LogP contribution < -0.4 is 10.1 Å². The topological polar surface area (TPSA) is 83.2 Å². The lowest BCUT2D eigenvalue weighted by atomic mass is 10.0. The highest BCUT2D eigenvalue weighted by Crippen LogP contribution is 2.21. The van der Waals surface area contributed by atoms with E-state index in [9.17, 15) is 4.79 Å². The van der Waals surface area contributed by atoms with Crippen LogP contribution in [0.25, 0.3) is 5.69 Å². The second kappa shape index (κ2) is 7.71. The quantitative estimate of drug-likeness (QED) is 0.927. The summed E-state index contributed by atoms with van der Waals surface area (Å²) in [6.07, 6.45) is 5.33. The van der Waals surface area contributed by atoms with Crippen molar-refractivity contribution in [2.24, 2.45) is 5.92 Å². The summed E-state index contributed by atoms with van der Waals surface area (Å²) in [5, 5.41) is 16.3. The van der Waals surface area contributed by atoms with Crippen LogP contribution in [0.5, 0.6) is 5.75 Å². The second-order valence-electron chi connectivity index (χ2n) is 6.04. The van der Waals surface area contributed by atoms with E-state index in [-0.39, 0.29) is 11.9 Å². The first kappa shape index (κ1) is 16.8. The van der Waals surface area contributed by atoms with Gasteiger partial charge in [-0.2, -0.15) is 10.4 Å². The number of piperidine rings is 1. The van der Waals surface area contributed by atoms with Crippen LogP contribution in [0.4, 0.5) is 4.79 Å². The molecule has 7 heteroatoms. The first-order chi connectivity index (χ1) is 12.2. The summed E-state index contributed by atoms with van der Waals surface area (Å²) in [4.78, 5) is 14.0. The molecule has 1 aliphatic rings. The molecule has 1 atom stereocenters. The van der Waals surface area contributed by atoms with Crippen LogP contribution in [0.2, 0.25) is 0 Å². The van der Waals surface area contributed by atoms with E-state index in [1.165, 1.54) is 0 Å². The Balaban J connectivity index is 1.60. The van der Waals surface area contributed by atoms with Gasteiger partial charge in [0.2, 0.25) is 0 Å². The van der Waals surface area contributed by atoms with Crippen LogP contribution in [0.3, 0.4) is 0 Å². The van der Waals surface area contributed by atoms with Crippen molar-refractivity contribution in [3.63, 3.8) is 0 Å². The third-order valence-corrected chi connectivity index (χ3v) is 4.30. The molecule has 0 saturated carbocycles. The lowest BCUT2D eigenvalue weighted by Gasteiger charge is -2.29. The molecule has 1 aromatic carbocycles. The van der Waals surface area contributed by atoms with E-state index >= 15 is 0 Å². The summed E-state index contributed by atoms with van der Waals surface area (Å²) in [5.41, 5.74) is 1.74. The number of ether oxygens (including phenoxy) is 1. The maximum Gasteiger partial charge on any atom is 0.317 e. The van der Waals surface area contributed by atoms with E-state index in [0.717, 1.165) is 29.8 Å². The number of likely N-dealkylation sites (tertiary alicyclic amines) is 1. The van der Waals surface area contributed by atoms with Gasteiger partial charge in [0, 0.05) is 31.4 Å². The Morgan fingerprint density at radius 3 is 3.12 bits per heavy atom. The number of methoxy groups -OCH3 is 1. The zero-order valence-corrected chi connectivity index (χ0v) is 14.2. The lowest BCUT2D eigenvalue weighted by Crippen LogP contribution is -2.45. The number of nitriles is 1. The molecule has 7 nitrogen and oxygen atoms in total. The molecule has 130 valence electrons. The summed E-state index contributed by atoms with van der Waals surface area (Å²) in [6, 6.07) is 9.73. The lowest BCUT2D eigenvalue weighted by molar-refractivity contribution is 0.176. The molecule has 1 saturated heterocycles. The number of aromatic nitrogens is 2. The van der Waals surface area contributed by atoms with E-state index in [2.05, 4.69) is 16.5 Å². The molecular formula is C18H21N5O2. The standard InChI is InChI=1S/C18H21N5O2/c1-25-17-7-3-2-6-16(17)23-13-15(11-21-23)10-20-18(24)22-8-4-5-14(9-19)12-22/h2-3,6-7,11,13-14H,4-5,8,10,12H2,1H3,(H,20,24)/t14-/m0/s1. The Hall–Kier alpha value is -3.01. The van der Waals surface area contributed by atoms with Crippen molar-refractivity contribution < 1.29 is 9.53 Å². The van der Waals surface area contributed by atoms with Crippen molar-refractivity contribution in [3.8, 4) is 17.5 Å². The van der Waals surface area contributed by atoms with Gasteiger partial charge in [-0.15, -0.1) is 0 Å². The van der Waals surface area contributed by atoms with Crippen molar-refractivity contribution in [2.45, 2.75) is 19.4 Å². The first-order valence-corrected chi connectivity index (χ1v) is 8.30. The fourth-order valence-electron chi connectivity index (χ4n) is 2.96. The monoisotopic (exact) mass is 339 g/mol. The van der Waals surface area contributed by atoms with Crippen LogP contribution in [-0.2, 0) is 6.54 Å². The van der Waals surface area contributed by atoms with E-state index in [1.807, 2.05) is 30.5 Å². The third-order valence-electron chi connectivity index (χ3n) is 4.30. The van der Waals surface area contributed by atoms with E-state index in [0.29, 0.717) is 19.6 Å². The van der Waals surface area contributed by atoms with Crippen molar-refractivity contribution in [1.29, 1.82) is 5.26 Å². The number of amides is 2. The van der Waals surface area contributed by atoms with E-state index in [1.54, 1.807) is 22.9 Å². The van der Waals surface area contributed by atoms with Gasteiger partial charge < -0.3 is 15.0 Å². The Morgan fingerprint density at radius 2 is 2.32 bits per heavy atom. The molecule has 0 spiro atoms. The van der Waals surface area contributed by atoms with Crippen LogP contribution in [0, 0.1) is 17.2 Å². The predicted molar refractivity (Wildman–Crippen MR) is 92.3 cm³/mol. The molecule has 1 N–H and O–H groups in total. The predicted octanol–water partition coefficient (Wildman–Crippen LogP) is 2.33. The van der Waals surface area contributed by atoms with Gasteiger partial charge >= 0.3 is 6.03 Å². The van der Waals surface area contributed by atoms with Gasteiger partial charge in [-0.25, -0.2) is 9.48 Å². The average molecular weight is 339 g/mol. The molecule has 25 heavy (non-hydrogen) atoms. The minimum atomic E-state index is -0.134. The van der Waals surface area contributed by atoms with Gasteiger partial charge in [0.05, 0.1) is 25.3 Å². The smallest absolute Gasteiger partial charge is 0.317 e. The molecule has 3 rings (SSSR count). The Morgan fingerprint density at radius 1 is 1.48 bits per heavy atom. The molecule has 0 bridgehead atoms. The summed E-state index contributed by atoms with van der Waals surface area (Å²) in [6.45, 7) is 1.59. The van der Waals surface area contributed by atoms with Gasteiger partial charge in [-0.05, 0) is 25.0 Å². The molecule has 1 aliphatic heterocycles. The Bertz CT molecular complexity index is 780. The van der Waals surface area contributed by atoms with Crippen molar-refractivity contribution in [3.05, 3.63) is 42.2 Å². The number of nitrogens with one attached hydrogen (secondary N) is 1. The SMILES string of the molecule is COc1ccccc1-n1cc(CNC(=O)N2CCC[C@@H](C#N)C2)cn1. The highest BCUT2D eigenvalue weighted by Gasteiger charge is 2.23. The van der Waals surface area contributed by atoms with Crippen LogP contribution in [0.1, 0.15) is 18.4 Å². The van der Waals surface area contributed by atoms with Gasteiger partial charge in [0.25, 0.3) is 0 Å². The molecular weight excluding hydrogens is 318 g/mol. The van der Waals surface area contributed by atoms with Crippen molar-refractivity contribution >= 4 is 6.03 Å². The third kappa shape index (κ3) is 3.91. The number of para-hydroxylation sites is 2. The number of rotatable bonds is 4. The summed E-state index contributed by atoms with van der Waals surface area (Å²) < 4.78 is 7.07. The number of carbonyl (C=O) groups is 1. The van der Waals surface area contributed by atoms with Crippen molar-refractivity contribution in [2.75, 3.05) is 20.2 Å². The zero-order valence-electron chi connectivity index (χ0n) is 14.2. The maximum absolute atomic E-state index is 12.3. The summed E-state index contributed by atoms with van der Waals surface area (Å²) >= 11 is 0. The maximum atomic E-state index is 12.3. The fourth-order valence-corrected chi connectivity index (χ4v) is 2.96. The number of urea groups is 1. The molecule has 2 aromatic rings. The Labute approximate surface area is 146 Å². The number of benzene rings is 1. The normalized spacial score (nSPS) is 17.0. The first-order valence-electron chi connectivity index (χ1n) is 8.30. The number of carbonyl (C=O) groups excluding carboxylic acids is 1. The minimum Gasteiger partial charge on any atom is -0.494 e. The largest absolute Gasteiger partial charge is 0.494 e. The van der Waals surface area contributed by atoms with E-state index in [4.69, 9.17) is 10.00 Å². The minimum absolute atomic E-state index is 0.0622. The highest BCUT2D eigenvalue weighted by atomic mass is 16.5. The zero-order chi connectivity index (χ0) is 17.6. The Kier molecular flexibility index (Phi) is 5.19. The molecule has 2 heterocycles. The number of hydrogen-bond donors (Lipinski definition) is 1. The number of nitrogens with zero attached hydrogens (tertiary/aromatic N) is 4. The van der Waals surface area contributed by atoms with Crippen LogP contribution >= 0.6 is 0 Å². The van der Waals surface area contributed by atoms with Crippen LogP contribution in [0.15, 0.2) is 36.7 Å². The molecule has 1 fully saturated rings. The van der Waals surface area contributed by atoms with Gasteiger partial charge in [-0.3, -0.25) is 0 Å². The van der Waals surface area contributed by atoms with E-state index < -0.39 is 0 Å². The number of hydrogen-bond acceptors (Lipinski definition) is 4. The summed E-state index contributed by atoms with van der Waals surface area (Å²) in [5.74, 6) is 0.671. The van der Waals surface area contributed by atoms with Gasteiger partial charge in [0.15, 0.2) is 0 Å². The van der Waals surface area contributed by atoms with Crippen LogP contribution in [-0.4, -0.2) is 40.9 Å². The highest BCUT2D eigenvalue weighted by molar-refractivity contribution is 5.74. The molecule has 1 aromatic heterocycles. The summed E-state index contributed by atoms with van der Waals surface area (Å²) in [7, 11) is 1.62. The van der Waals surface area contributed by atoms with Crippen molar-refractivity contribution in [1.82, 2.24) is 20.0 Å². The fraction of sp³-hybridized carbons (Fsp3) is 0.389. The molecule has 0 aliphatic carbocycles. The molecule has 0 unspecified atom stereocenters. The molecule has 0 radical (unpaired) electrons. The molecule has 2 amide bonds.